The predicted molar refractivity (Wildman–Crippen MR) is 83.9 cm³/mol. The molecule has 8 heteroatoms. The molecule has 0 aliphatic rings. The molecule has 2 N–H and O–H groups in total. The number of rotatable bonds is 4. The highest BCUT2D eigenvalue weighted by atomic mass is 35.5. The van der Waals surface area contributed by atoms with Gasteiger partial charge in [-0.3, -0.25) is 9.89 Å². The van der Waals surface area contributed by atoms with E-state index in [1.807, 2.05) is 0 Å². The van der Waals surface area contributed by atoms with Crippen LogP contribution in [0.5, 0.6) is 0 Å². The van der Waals surface area contributed by atoms with Gasteiger partial charge in [-0.2, -0.15) is 10.1 Å². The smallest absolute Gasteiger partial charge is 0.255 e. The lowest BCUT2D eigenvalue weighted by Gasteiger charge is -2.08. The van der Waals surface area contributed by atoms with Crippen molar-refractivity contribution < 1.29 is 9.32 Å². The summed E-state index contributed by atoms with van der Waals surface area (Å²) in [4.78, 5) is 16.5. The maximum absolute atomic E-state index is 12.1. The minimum atomic E-state index is -0.426. The molecule has 0 bridgehead atoms. The van der Waals surface area contributed by atoms with Crippen molar-refractivity contribution in [2.45, 2.75) is 19.9 Å². The van der Waals surface area contributed by atoms with Gasteiger partial charge < -0.3 is 9.84 Å². The van der Waals surface area contributed by atoms with E-state index in [-0.39, 0.29) is 5.91 Å². The predicted octanol–water partition coefficient (Wildman–Crippen LogP) is 2.91. The molecule has 0 radical (unpaired) electrons. The van der Waals surface area contributed by atoms with Crippen molar-refractivity contribution in [3.05, 3.63) is 52.6 Å². The monoisotopic (exact) mass is 331 g/mol. The molecule has 1 atom stereocenters. The Morgan fingerprint density at radius 1 is 1.35 bits per heavy atom. The van der Waals surface area contributed by atoms with Crippen molar-refractivity contribution in [2.24, 2.45) is 0 Å². The van der Waals surface area contributed by atoms with Gasteiger partial charge in [-0.15, -0.1) is 0 Å². The lowest BCUT2D eigenvalue weighted by atomic mass is 10.2. The van der Waals surface area contributed by atoms with Crippen LogP contribution in [0.15, 0.2) is 35.0 Å². The van der Waals surface area contributed by atoms with E-state index >= 15 is 0 Å². The molecule has 0 saturated carbocycles. The summed E-state index contributed by atoms with van der Waals surface area (Å²) in [6, 6.07) is 6.68. The summed E-state index contributed by atoms with van der Waals surface area (Å²) in [6.45, 7) is 3.55. The van der Waals surface area contributed by atoms with Gasteiger partial charge in [0.05, 0.1) is 11.8 Å². The molecule has 2 heterocycles. The van der Waals surface area contributed by atoms with Crippen molar-refractivity contribution in [3.63, 3.8) is 0 Å². The molecule has 0 aliphatic carbocycles. The number of carbonyl (C=O) groups excluding carboxylic acids is 1. The molecule has 0 unspecified atom stereocenters. The Kier molecular flexibility index (Phi) is 4.12. The van der Waals surface area contributed by atoms with Crippen molar-refractivity contribution >= 4 is 17.5 Å². The van der Waals surface area contributed by atoms with Crippen LogP contribution in [-0.2, 0) is 0 Å². The number of nitrogens with one attached hydrogen (secondary N) is 2. The molecule has 0 fully saturated rings. The van der Waals surface area contributed by atoms with Crippen LogP contribution in [0.3, 0.4) is 0 Å². The molecule has 3 rings (SSSR count). The average molecular weight is 332 g/mol. The summed E-state index contributed by atoms with van der Waals surface area (Å²) >= 11 is 5.85. The molecule has 3 aromatic rings. The summed E-state index contributed by atoms with van der Waals surface area (Å²) in [5.41, 5.74) is 1.96. The Labute approximate surface area is 137 Å². The fourth-order valence-electron chi connectivity index (χ4n) is 2.04. The normalized spacial score (nSPS) is 12.1. The molecular formula is C15H14ClN5O2. The van der Waals surface area contributed by atoms with Crippen molar-refractivity contribution in [1.29, 1.82) is 0 Å². The van der Waals surface area contributed by atoms with Crippen LogP contribution < -0.4 is 5.32 Å². The Balaban J connectivity index is 1.73. The Morgan fingerprint density at radius 3 is 2.74 bits per heavy atom. The zero-order valence-electron chi connectivity index (χ0n) is 12.5. The maximum atomic E-state index is 12.1. The van der Waals surface area contributed by atoms with E-state index in [0.717, 1.165) is 5.56 Å². The fraction of sp³-hybridized carbons (Fsp3) is 0.200. The van der Waals surface area contributed by atoms with E-state index in [2.05, 4.69) is 25.7 Å². The molecule has 0 aliphatic heterocycles. The highest BCUT2D eigenvalue weighted by Gasteiger charge is 2.19. The number of aromatic amines is 1. The van der Waals surface area contributed by atoms with Gasteiger partial charge in [0.25, 0.3) is 5.91 Å². The first kappa shape index (κ1) is 15.2. The molecule has 2 aromatic heterocycles. The van der Waals surface area contributed by atoms with Gasteiger partial charge >= 0.3 is 0 Å². The Hall–Kier alpha value is -2.67. The molecular weight excluding hydrogens is 318 g/mol. The Bertz CT molecular complexity index is 825. The van der Waals surface area contributed by atoms with Crippen LogP contribution >= 0.6 is 11.6 Å². The van der Waals surface area contributed by atoms with Crippen LogP contribution in [0, 0.1) is 6.92 Å². The summed E-state index contributed by atoms with van der Waals surface area (Å²) in [5.74, 6) is 0.511. The van der Waals surface area contributed by atoms with Gasteiger partial charge in [-0.05, 0) is 38.1 Å². The first-order chi connectivity index (χ1) is 11.0. The first-order valence-corrected chi connectivity index (χ1v) is 7.33. The van der Waals surface area contributed by atoms with Crippen molar-refractivity contribution in [2.75, 3.05) is 0 Å². The number of H-pyrrole nitrogens is 1. The third-order valence-corrected chi connectivity index (χ3v) is 3.59. The minimum Gasteiger partial charge on any atom is -0.340 e. The molecule has 23 heavy (non-hydrogen) atoms. The summed E-state index contributed by atoms with van der Waals surface area (Å²) in [7, 11) is 0. The van der Waals surface area contributed by atoms with Gasteiger partial charge in [-0.1, -0.05) is 16.8 Å². The molecule has 0 spiro atoms. The zero-order valence-corrected chi connectivity index (χ0v) is 13.3. The van der Waals surface area contributed by atoms with Crippen LogP contribution in [0.25, 0.3) is 11.4 Å². The van der Waals surface area contributed by atoms with E-state index in [0.29, 0.717) is 28.0 Å². The highest BCUT2D eigenvalue weighted by molar-refractivity contribution is 6.30. The number of hydrogen-bond acceptors (Lipinski definition) is 5. The van der Waals surface area contributed by atoms with E-state index in [1.54, 1.807) is 38.1 Å². The largest absolute Gasteiger partial charge is 0.340 e. The van der Waals surface area contributed by atoms with E-state index in [4.69, 9.17) is 16.1 Å². The van der Waals surface area contributed by atoms with Crippen molar-refractivity contribution in [3.8, 4) is 11.4 Å². The standard InChI is InChI=1S/C15H14ClN5O2/c1-8-12(7-17-20-8)14(22)18-9(2)15-19-13(21-23-15)10-3-5-11(16)6-4-10/h3-7,9H,1-2H3,(H,17,20)(H,18,22)/t9-/m1/s1. The SMILES string of the molecule is Cc1[nH]ncc1C(=O)N[C@H](C)c1nc(-c2ccc(Cl)cc2)no1. The average Bonchev–Trinajstić information content (AvgIpc) is 3.17. The number of benzene rings is 1. The third kappa shape index (κ3) is 3.24. The van der Waals surface area contributed by atoms with Gasteiger partial charge in [-0.25, -0.2) is 0 Å². The molecule has 7 nitrogen and oxygen atoms in total. The Morgan fingerprint density at radius 2 is 2.09 bits per heavy atom. The number of carbonyl (C=O) groups is 1. The van der Waals surface area contributed by atoms with E-state index in [9.17, 15) is 4.79 Å². The number of aryl methyl sites for hydroxylation is 1. The van der Waals surface area contributed by atoms with Gasteiger partial charge in [0.2, 0.25) is 11.7 Å². The molecule has 118 valence electrons. The zero-order chi connectivity index (χ0) is 16.4. The lowest BCUT2D eigenvalue weighted by Crippen LogP contribution is -2.27. The molecule has 1 aromatic carbocycles. The second-order valence-corrected chi connectivity index (χ2v) is 5.50. The van der Waals surface area contributed by atoms with Crippen LogP contribution in [0.1, 0.15) is 34.9 Å². The first-order valence-electron chi connectivity index (χ1n) is 6.95. The van der Waals surface area contributed by atoms with Gasteiger partial charge in [0.15, 0.2) is 0 Å². The number of nitrogens with zero attached hydrogens (tertiary/aromatic N) is 3. The quantitative estimate of drug-likeness (QED) is 0.766. The summed E-state index contributed by atoms with van der Waals surface area (Å²) < 4.78 is 5.23. The fourth-order valence-corrected chi connectivity index (χ4v) is 2.17. The summed E-state index contributed by atoms with van der Waals surface area (Å²) in [5, 5.41) is 13.9. The second kappa shape index (κ2) is 6.21. The van der Waals surface area contributed by atoms with E-state index < -0.39 is 6.04 Å². The van der Waals surface area contributed by atoms with Gasteiger partial charge in [0, 0.05) is 16.3 Å². The minimum absolute atomic E-state index is 0.255. The second-order valence-electron chi connectivity index (χ2n) is 5.07. The van der Waals surface area contributed by atoms with Crippen LogP contribution in [0.4, 0.5) is 0 Å². The van der Waals surface area contributed by atoms with Gasteiger partial charge in [0.1, 0.15) is 6.04 Å². The highest BCUT2D eigenvalue weighted by Crippen LogP contribution is 2.20. The lowest BCUT2D eigenvalue weighted by molar-refractivity contribution is 0.0932. The maximum Gasteiger partial charge on any atom is 0.255 e. The number of amides is 1. The molecule has 1 amide bonds. The third-order valence-electron chi connectivity index (χ3n) is 3.34. The van der Waals surface area contributed by atoms with Crippen LogP contribution in [-0.4, -0.2) is 26.2 Å². The van der Waals surface area contributed by atoms with Crippen LogP contribution in [0.2, 0.25) is 5.02 Å². The van der Waals surface area contributed by atoms with Crippen molar-refractivity contribution in [1.82, 2.24) is 25.7 Å². The summed E-state index contributed by atoms with van der Waals surface area (Å²) in [6.07, 6.45) is 1.48. The number of halogens is 1. The molecule has 0 saturated heterocycles. The topological polar surface area (TPSA) is 96.7 Å². The number of hydrogen-bond donors (Lipinski definition) is 2. The van der Waals surface area contributed by atoms with E-state index in [1.165, 1.54) is 6.20 Å². The number of aromatic nitrogens is 4.